The number of hydrogen-bond donors (Lipinski definition) is 3. The molecule has 2 nitrogen and oxygen atoms in total. The van der Waals surface area contributed by atoms with E-state index in [4.69, 9.17) is 0 Å². The molecule has 6 aromatic rings. The van der Waals surface area contributed by atoms with E-state index in [0.717, 1.165) is 24.2 Å². The standard InChI is InChI=1S/C35H28N2.C2H6.H2S2/c1-24-10-9-13-27(22-24)37-34-17-8-7-16-31(34)32-23-26(18-21-35(32)37)36-33-20-19-28(25-11-3-2-4-12-25)29-14-5-6-15-30(29)33;2*1-2/h2-7,9-16,18-23,36H,8,17H2,1H3;1-2H3;1-2H. The van der Waals surface area contributed by atoms with Gasteiger partial charge in [0.15, 0.2) is 0 Å². The highest BCUT2D eigenvalue weighted by Crippen LogP contribution is 2.38. The number of aryl methyl sites for hydroxylation is 1. The van der Waals surface area contributed by atoms with Crippen molar-refractivity contribution in [3.63, 3.8) is 0 Å². The van der Waals surface area contributed by atoms with Crippen LogP contribution in [0.2, 0.25) is 0 Å². The van der Waals surface area contributed by atoms with Gasteiger partial charge in [-0.05, 0) is 78.2 Å². The summed E-state index contributed by atoms with van der Waals surface area (Å²) in [6.07, 6.45) is 6.75. The first-order chi connectivity index (χ1) is 20.3. The monoisotopic (exact) mass is 572 g/mol. The molecule has 0 unspecified atom stereocenters. The molecule has 1 heterocycles. The van der Waals surface area contributed by atoms with E-state index in [0.29, 0.717) is 0 Å². The molecule has 1 aliphatic carbocycles. The van der Waals surface area contributed by atoms with Gasteiger partial charge in [0.2, 0.25) is 0 Å². The smallest absolute Gasteiger partial charge is 0.0539 e. The summed E-state index contributed by atoms with van der Waals surface area (Å²) in [7, 11) is 0. The molecule has 0 aliphatic heterocycles. The average molecular weight is 573 g/mol. The van der Waals surface area contributed by atoms with Gasteiger partial charge >= 0.3 is 0 Å². The Morgan fingerprint density at radius 1 is 0.707 bits per heavy atom. The van der Waals surface area contributed by atoms with Crippen LogP contribution in [0.4, 0.5) is 11.4 Å². The number of hydrogen-bond acceptors (Lipinski definition) is 3. The molecule has 0 fully saturated rings. The van der Waals surface area contributed by atoms with Gasteiger partial charge in [-0.2, -0.15) is 0 Å². The normalized spacial score (nSPS) is 11.7. The first-order valence-corrected chi connectivity index (χ1v) is 15.8. The van der Waals surface area contributed by atoms with E-state index < -0.39 is 0 Å². The van der Waals surface area contributed by atoms with Crippen molar-refractivity contribution in [2.75, 3.05) is 5.32 Å². The van der Waals surface area contributed by atoms with Crippen LogP contribution in [0.25, 0.3) is 44.6 Å². The van der Waals surface area contributed by atoms with Crippen molar-refractivity contribution in [3.05, 3.63) is 132 Å². The fourth-order valence-electron chi connectivity index (χ4n) is 5.79. The lowest BCUT2D eigenvalue weighted by atomic mass is 9.97. The SMILES string of the molecule is CC.Cc1cccc(-n2c3c(c4cc(Nc5ccc(-c6ccccc6)c6ccccc56)ccc42)C=CCC3)c1.SS. The van der Waals surface area contributed by atoms with Crippen molar-refractivity contribution >= 4 is 62.4 Å². The lowest BCUT2D eigenvalue weighted by Gasteiger charge is -2.14. The van der Waals surface area contributed by atoms with Gasteiger partial charge in [0.05, 0.1) is 5.52 Å². The summed E-state index contributed by atoms with van der Waals surface area (Å²) in [6, 6.07) is 39.4. The van der Waals surface area contributed by atoms with E-state index in [9.17, 15) is 0 Å². The van der Waals surface area contributed by atoms with Crippen molar-refractivity contribution in [1.29, 1.82) is 0 Å². The van der Waals surface area contributed by atoms with Gasteiger partial charge < -0.3 is 9.88 Å². The number of benzene rings is 5. The van der Waals surface area contributed by atoms with Gasteiger partial charge in [0, 0.05) is 39.1 Å². The molecule has 0 saturated heterocycles. The van der Waals surface area contributed by atoms with Gasteiger partial charge in [-0.25, -0.2) is 0 Å². The van der Waals surface area contributed by atoms with Crippen molar-refractivity contribution in [1.82, 2.24) is 4.57 Å². The quantitative estimate of drug-likeness (QED) is 0.141. The zero-order chi connectivity index (χ0) is 28.8. The van der Waals surface area contributed by atoms with E-state index in [1.165, 1.54) is 55.3 Å². The number of anilines is 2. The molecule has 4 heteroatoms. The third-order valence-corrected chi connectivity index (χ3v) is 7.49. The Bertz CT molecular complexity index is 1820. The molecule has 0 amide bonds. The van der Waals surface area contributed by atoms with E-state index >= 15 is 0 Å². The van der Waals surface area contributed by atoms with Gasteiger partial charge in [-0.3, -0.25) is 0 Å². The molecule has 41 heavy (non-hydrogen) atoms. The van der Waals surface area contributed by atoms with Gasteiger partial charge in [0.25, 0.3) is 0 Å². The average Bonchev–Trinajstić information content (AvgIpc) is 3.37. The predicted molar refractivity (Wildman–Crippen MR) is 187 cm³/mol. The van der Waals surface area contributed by atoms with Crippen LogP contribution in [0, 0.1) is 6.92 Å². The second-order valence-corrected chi connectivity index (χ2v) is 9.91. The zero-order valence-corrected chi connectivity index (χ0v) is 25.6. The summed E-state index contributed by atoms with van der Waals surface area (Å²) in [6.45, 7) is 6.16. The molecule has 1 aliphatic rings. The van der Waals surface area contributed by atoms with Crippen LogP contribution in [-0.4, -0.2) is 4.57 Å². The number of fused-ring (bicyclic) bond motifs is 4. The Balaban J connectivity index is 0.000000810. The van der Waals surface area contributed by atoms with Crippen molar-refractivity contribution in [2.45, 2.75) is 33.6 Å². The van der Waals surface area contributed by atoms with Gasteiger partial charge in [-0.1, -0.05) is 98.8 Å². The molecule has 0 spiro atoms. The number of thiol groups is 2. The summed E-state index contributed by atoms with van der Waals surface area (Å²) in [5, 5.41) is 7.52. The maximum Gasteiger partial charge on any atom is 0.0539 e. The van der Waals surface area contributed by atoms with Crippen molar-refractivity contribution < 1.29 is 0 Å². The molecule has 5 aromatic carbocycles. The summed E-state index contributed by atoms with van der Waals surface area (Å²) in [4.78, 5) is 0. The first-order valence-electron chi connectivity index (χ1n) is 14.2. The maximum absolute atomic E-state index is 3.75. The van der Waals surface area contributed by atoms with Crippen LogP contribution in [0.1, 0.15) is 37.1 Å². The number of allylic oxidation sites excluding steroid dienone is 1. The molecule has 0 saturated carbocycles. The fourth-order valence-corrected chi connectivity index (χ4v) is 5.79. The Labute approximate surface area is 254 Å². The zero-order valence-electron chi connectivity index (χ0n) is 23.8. The van der Waals surface area contributed by atoms with E-state index in [2.05, 4.69) is 161 Å². The second kappa shape index (κ2) is 13.2. The summed E-state index contributed by atoms with van der Waals surface area (Å²) >= 11 is 6.44. The Morgan fingerprint density at radius 2 is 1.46 bits per heavy atom. The Kier molecular flexibility index (Phi) is 9.23. The van der Waals surface area contributed by atoms with Gasteiger partial charge in [0.1, 0.15) is 0 Å². The predicted octanol–water partition coefficient (Wildman–Crippen LogP) is 11.2. The van der Waals surface area contributed by atoms with Crippen LogP contribution in [0.15, 0.2) is 115 Å². The third kappa shape index (κ3) is 5.68. The minimum atomic E-state index is 1.06. The molecule has 0 atom stereocenters. The van der Waals surface area contributed by atoms with Crippen LogP contribution in [-0.2, 0) is 6.42 Å². The number of nitrogens with one attached hydrogen (secondary N) is 1. The number of nitrogens with zero attached hydrogens (tertiary/aromatic N) is 1. The lowest BCUT2D eigenvalue weighted by molar-refractivity contribution is 0.888. The molecule has 1 aromatic heterocycles. The Hall–Kier alpha value is -3.86. The minimum absolute atomic E-state index is 1.06. The van der Waals surface area contributed by atoms with Crippen LogP contribution in [0.5, 0.6) is 0 Å². The molecular formula is C37H36N2S2. The molecule has 1 N–H and O–H groups in total. The molecule has 7 rings (SSSR count). The highest BCUT2D eigenvalue weighted by molar-refractivity contribution is 8.59. The van der Waals surface area contributed by atoms with E-state index in [-0.39, 0.29) is 0 Å². The van der Waals surface area contributed by atoms with E-state index in [1.54, 1.807) is 0 Å². The lowest BCUT2D eigenvalue weighted by Crippen LogP contribution is -2.03. The highest BCUT2D eigenvalue weighted by atomic mass is 33.1. The number of rotatable bonds is 4. The number of aromatic nitrogens is 1. The van der Waals surface area contributed by atoms with Crippen molar-refractivity contribution in [2.24, 2.45) is 0 Å². The van der Waals surface area contributed by atoms with Crippen molar-refractivity contribution in [3.8, 4) is 16.8 Å². The van der Waals surface area contributed by atoms with Crippen LogP contribution < -0.4 is 5.32 Å². The van der Waals surface area contributed by atoms with Crippen LogP contribution in [0.3, 0.4) is 0 Å². The molecule has 0 bridgehead atoms. The minimum Gasteiger partial charge on any atom is -0.355 e. The van der Waals surface area contributed by atoms with Crippen LogP contribution >= 0.6 is 23.3 Å². The maximum atomic E-state index is 3.75. The highest BCUT2D eigenvalue weighted by Gasteiger charge is 2.19. The molecular weight excluding hydrogens is 537 g/mol. The second-order valence-electron chi connectivity index (χ2n) is 9.91. The van der Waals surface area contributed by atoms with E-state index in [1.807, 2.05) is 13.8 Å². The van der Waals surface area contributed by atoms with Gasteiger partial charge in [-0.15, -0.1) is 23.3 Å². The first kappa shape index (κ1) is 28.7. The molecule has 206 valence electrons. The molecule has 0 radical (unpaired) electrons. The fraction of sp³-hybridized carbons (Fsp3) is 0.135. The topological polar surface area (TPSA) is 17.0 Å². The Morgan fingerprint density at radius 3 is 2.24 bits per heavy atom. The third-order valence-electron chi connectivity index (χ3n) is 7.49. The summed E-state index contributed by atoms with van der Waals surface area (Å²) < 4.78 is 2.45. The summed E-state index contributed by atoms with van der Waals surface area (Å²) in [5.41, 5.74) is 11.2. The largest absolute Gasteiger partial charge is 0.355 e. The summed E-state index contributed by atoms with van der Waals surface area (Å²) in [5.74, 6) is 0.